The van der Waals surface area contributed by atoms with Gasteiger partial charge in [0.2, 0.25) is 5.91 Å². The fourth-order valence-electron chi connectivity index (χ4n) is 2.31. The Kier molecular flexibility index (Phi) is 4.14. The first-order valence-corrected chi connectivity index (χ1v) is 6.29. The number of nitrogens with two attached hydrogens (primary N) is 1. The summed E-state index contributed by atoms with van der Waals surface area (Å²) in [5.74, 6) is 1.09. The quantitative estimate of drug-likeness (QED) is 0.725. The fraction of sp³-hybridized carbons (Fsp3) is 0.727. The van der Waals surface area contributed by atoms with Gasteiger partial charge in [-0.15, -0.1) is 5.10 Å². The van der Waals surface area contributed by atoms with Crippen LogP contribution in [0, 0.1) is 5.92 Å². The number of hydrogen-bond donors (Lipinski definition) is 2. The van der Waals surface area contributed by atoms with Crippen LogP contribution >= 0.6 is 0 Å². The minimum Gasteiger partial charge on any atom is -0.355 e. The van der Waals surface area contributed by atoms with Crippen molar-refractivity contribution < 1.29 is 4.79 Å². The number of carbonyl (C=O) groups excluding carboxylic acids is 1. The molecule has 1 aromatic heterocycles. The predicted octanol–water partition coefficient (Wildman–Crippen LogP) is -0.894. The zero-order chi connectivity index (χ0) is 13.0. The van der Waals surface area contributed by atoms with Gasteiger partial charge in [0, 0.05) is 33.2 Å². The highest BCUT2D eigenvalue weighted by atomic mass is 16.1. The third-order valence-electron chi connectivity index (χ3n) is 3.25. The molecule has 2 rings (SSSR count). The Balaban J connectivity index is 1.96. The lowest BCUT2D eigenvalue weighted by Crippen LogP contribution is -2.44. The minimum atomic E-state index is 0.0280. The van der Waals surface area contributed by atoms with Crippen molar-refractivity contribution in [3.05, 3.63) is 6.20 Å². The summed E-state index contributed by atoms with van der Waals surface area (Å²) in [7, 11) is 1.86. The lowest BCUT2D eigenvalue weighted by atomic mass is 9.97. The van der Waals surface area contributed by atoms with E-state index in [0.29, 0.717) is 13.1 Å². The summed E-state index contributed by atoms with van der Waals surface area (Å²) >= 11 is 0. The molecule has 1 saturated heterocycles. The van der Waals surface area contributed by atoms with Crippen molar-refractivity contribution in [3.8, 4) is 0 Å². The van der Waals surface area contributed by atoms with E-state index in [2.05, 4.69) is 20.5 Å². The number of anilines is 1. The number of rotatable bonds is 4. The van der Waals surface area contributed by atoms with Crippen LogP contribution in [-0.2, 0) is 11.8 Å². The number of hydrogen-bond acceptors (Lipinski definition) is 5. The number of aryl methyl sites for hydroxylation is 1. The van der Waals surface area contributed by atoms with E-state index >= 15 is 0 Å². The molecular weight excluding hydrogens is 232 g/mol. The molecule has 1 fully saturated rings. The molecule has 0 spiro atoms. The lowest BCUT2D eigenvalue weighted by Gasteiger charge is -2.32. The van der Waals surface area contributed by atoms with Gasteiger partial charge in [-0.3, -0.25) is 4.79 Å². The van der Waals surface area contributed by atoms with Crippen LogP contribution in [0.3, 0.4) is 0 Å². The highest BCUT2D eigenvalue weighted by Gasteiger charge is 2.26. The molecule has 0 aliphatic carbocycles. The molecule has 3 N–H and O–H groups in total. The average Bonchev–Trinajstić information content (AvgIpc) is 2.82. The first kappa shape index (κ1) is 12.8. The first-order chi connectivity index (χ1) is 8.72. The summed E-state index contributed by atoms with van der Waals surface area (Å²) in [6, 6.07) is 0. The Hall–Kier alpha value is -1.63. The van der Waals surface area contributed by atoms with Gasteiger partial charge in [0.1, 0.15) is 5.82 Å². The van der Waals surface area contributed by atoms with Crippen molar-refractivity contribution in [3.63, 3.8) is 0 Å². The van der Waals surface area contributed by atoms with Gasteiger partial charge in [0.25, 0.3) is 0 Å². The Morgan fingerprint density at radius 2 is 2.50 bits per heavy atom. The molecule has 100 valence electrons. The predicted molar refractivity (Wildman–Crippen MR) is 68.0 cm³/mol. The number of carbonyl (C=O) groups is 1. The molecule has 1 amide bonds. The number of piperidine rings is 1. The molecule has 1 aliphatic rings. The van der Waals surface area contributed by atoms with E-state index in [1.807, 2.05) is 7.05 Å². The van der Waals surface area contributed by atoms with Crippen LogP contribution in [0.5, 0.6) is 0 Å². The van der Waals surface area contributed by atoms with Gasteiger partial charge in [0.05, 0.1) is 12.1 Å². The summed E-state index contributed by atoms with van der Waals surface area (Å²) in [4.78, 5) is 14.1. The van der Waals surface area contributed by atoms with Crippen LogP contribution in [0.2, 0.25) is 0 Å². The maximum Gasteiger partial charge on any atom is 0.224 e. The number of amides is 1. The second kappa shape index (κ2) is 5.81. The van der Waals surface area contributed by atoms with Crippen LogP contribution in [0.4, 0.5) is 5.82 Å². The van der Waals surface area contributed by atoms with Crippen molar-refractivity contribution in [1.82, 2.24) is 20.3 Å². The van der Waals surface area contributed by atoms with Gasteiger partial charge in [0.15, 0.2) is 0 Å². The summed E-state index contributed by atoms with van der Waals surface area (Å²) in [5.41, 5.74) is 5.39. The molecule has 1 aliphatic heterocycles. The molecule has 18 heavy (non-hydrogen) atoms. The number of aromatic nitrogens is 3. The molecule has 0 saturated carbocycles. The van der Waals surface area contributed by atoms with E-state index in [1.165, 1.54) is 0 Å². The third-order valence-corrected chi connectivity index (χ3v) is 3.25. The third kappa shape index (κ3) is 2.79. The largest absolute Gasteiger partial charge is 0.355 e. The second-order valence-corrected chi connectivity index (χ2v) is 4.58. The van der Waals surface area contributed by atoms with E-state index < -0.39 is 0 Å². The second-order valence-electron chi connectivity index (χ2n) is 4.58. The first-order valence-electron chi connectivity index (χ1n) is 6.29. The zero-order valence-electron chi connectivity index (χ0n) is 10.7. The Bertz CT molecular complexity index is 404. The molecule has 7 nitrogen and oxygen atoms in total. The standard InChI is InChI=1S/C11H20N6O/c1-16-10(7-14-15-16)17-6-2-3-9(8-17)11(18)13-5-4-12/h7,9H,2-6,8,12H2,1H3,(H,13,18). The highest BCUT2D eigenvalue weighted by Crippen LogP contribution is 2.21. The highest BCUT2D eigenvalue weighted by molar-refractivity contribution is 5.79. The molecule has 0 aromatic carbocycles. The monoisotopic (exact) mass is 252 g/mol. The normalized spacial score (nSPS) is 19.9. The molecule has 0 radical (unpaired) electrons. The van der Waals surface area contributed by atoms with Gasteiger partial charge in [-0.25, -0.2) is 4.68 Å². The van der Waals surface area contributed by atoms with Crippen LogP contribution in [0.25, 0.3) is 0 Å². The topological polar surface area (TPSA) is 89.1 Å². The Morgan fingerprint density at radius 1 is 1.67 bits per heavy atom. The SMILES string of the molecule is Cn1nncc1N1CCCC(C(=O)NCCN)C1. The van der Waals surface area contributed by atoms with E-state index in [-0.39, 0.29) is 11.8 Å². The van der Waals surface area contributed by atoms with Crippen molar-refractivity contribution >= 4 is 11.7 Å². The minimum absolute atomic E-state index is 0.0280. The lowest BCUT2D eigenvalue weighted by molar-refractivity contribution is -0.125. The van der Waals surface area contributed by atoms with Crippen molar-refractivity contribution in [2.75, 3.05) is 31.1 Å². The molecule has 7 heteroatoms. The molecular formula is C11H20N6O. The van der Waals surface area contributed by atoms with Gasteiger partial charge < -0.3 is 16.0 Å². The summed E-state index contributed by atoms with van der Waals surface area (Å²) in [6.07, 6.45) is 3.67. The van der Waals surface area contributed by atoms with Crippen LogP contribution in [-0.4, -0.2) is 47.1 Å². The van der Waals surface area contributed by atoms with Crippen molar-refractivity contribution in [1.29, 1.82) is 0 Å². The van der Waals surface area contributed by atoms with E-state index in [9.17, 15) is 4.79 Å². The van der Waals surface area contributed by atoms with Gasteiger partial charge >= 0.3 is 0 Å². The van der Waals surface area contributed by atoms with Crippen LogP contribution in [0.1, 0.15) is 12.8 Å². The molecule has 1 atom stereocenters. The van der Waals surface area contributed by atoms with Crippen LogP contribution in [0.15, 0.2) is 6.20 Å². The summed E-state index contributed by atoms with van der Waals surface area (Å²) < 4.78 is 1.74. The maximum atomic E-state index is 11.9. The molecule has 2 heterocycles. The molecule has 1 unspecified atom stereocenters. The van der Waals surface area contributed by atoms with Crippen molar-refractivity contribution in [2.24, 2.45) is 18.7 Å². The summed E-state index contributed by atoms with van der Waals surface area (Å²) in [6.45, 7) is 2.69. The number of nitrogens with zero attached hydrogens (tertiary/aromatic N) is 4. The van der Waals surface area contributed by atoms with Crippen LogP contribution < -0.4 is 16.0 Å². The zero-order valence-corrected chi connectivity index (χ0v) is 10.7. The van der Waals surface area contributed by atoms with Gasteiger partial charge in [-0.1, -0.05) is 5.21 Å². The number of nitrogens with one attached hydrogen (secondary N) is 1. The van der Waals surface area contributed by atoms with Gasteiger partial charge in [-0.05, 0) is 12.8 Å². The average molecular weight is 252 g/mol. The summed E-state index contributed by atoms with van der Waals surface area (Å²) in [5, 5.41) is 10.6. The van der Waals surface area contributed by atoms with E-state index in [1.54, 1.807) is 10.9 Å². The van der Waals surface area contributed by atoms with Gasteiger partial charge in [-0.2, -0.15) is 0 Å². The Morgan fingerprint density at radius 3 is 3.17 bits per heavy atom. The smallest absolute Gasteiger partial charge is 0.224 e. The fourth-order valence-corrected chi connectivity index (χ4v) is 2.31. The van der Waals surface area contributed by atoms with E-state index in [4.69, 9.17) is 5.73 Å². The maximum absolute atomic E-state index is 11.9. The van der Waals surface area contributed by atoms with Crippen molar-refractivity contribution in [2.45, 2.75) is 12.8 Å². The Labute approximate surface area is 106 Å². The molecule has 0 bridgehead atoms. The van der Waals surface area contributed by atoms with E-state index in [0.717, 1.165) is 31.7 Å². The molecule has 1 aromatic rings.